The average molecular weight is 394 g/mol. The second-order valence-corrected chi connectivity index (χ2v) is 5.77. The summed E-state index contributed by atoms with van der Waals surface area (Å²) < 4.78 is 57.4. The predicted octanol–water partition coefficient (Wildman–Crippen LogP) is 3.82. The molecule has 0 fully saturated rings. The molecule has 28 heavy (non-hydrogen) atoms. The number of nitrogens with one attached hydrogen (secondary N) is 1. The van der Waals surface area contributed by atoms with E-state index in [1.54, 1.807) is 0 Å². The third kappa shape index (κ3) is 4.45. The number of benzene rings is 2. The van der Waals surface area contributed by atoms with E-state index in [4.69, 9.17) is 0 Å². The summed E-state index contributed by atoms with van der Waals surface area (Å²) >= 11 is 0. The third-order valence-electron chi connectivity index (χ3n) is 3.79. The number of aromatic nitrogens is 3. The fourth-order valence-electron chi connectivity index (χ4n) is 2.43. The number of alkyl halides is 3. The molecule has 0 aliphatic carbocycles. The van der Waals surface area contributed by atoms with Gasteiger partial charge in [0.25, 0.3) is 0 Å². The van der Waals surface area contributed by atoms with Crippen LogP contribution in [0.15, 0.2) is 48.7 Å². The van der Waals surface area contributed by atoms with Crippen molar-refractivity contribution in [3.05, 3.63) is 71.3 Å². The number of esters is 1. The highest BCUT2D eigenvalue weighted by Gasteiger charge is 2.30. The van der Waals surface area contributed by atoms with Gasteiger partial charge in [-0.1, -0.05) is 5.21 Å². The highest BCUT2D eigenvalue weighted by atomic mass is 19.4. The highest BCUT2D eigenvalue weighted by molar-refractivity contribution is 5.90. The second kappa shape index (κ2) is 7.67. The zero-order chi connectivity index (χ0) is 20.3. The molecular formula is C18H14F4N4O2. The Morgan fingerprint density at radius 3 is 2.54 bits per heavy atom. The van der Waals surface area contributed by atoms with Gasteiger partial charge < -0.3 is 10.1 Å². The molecule has 0 spiro atoms. The first-order chi connectivity index (χ1) is 13.3. The van der Waals surface area contributed by atoms with Crippen LogP contribution in [0.3, 0.4) is 0 Å². The van der Waals surface area contributed by atoms with Crippen LogP contribution in [0.5, 0.6) is 0 Å². The van der Waals surface area contributed by atoms with Crippen LogP contribution in [-0.4, -0.2) is 28.1 Å². The number of nitrogens with zero attached hydrogens (tertiary/aromatic N) is 3. The monoisotopic (exact) mass is 394 g/mol. The Hall–Kier alpha value is -3.43. The lowest BCUT2D eigenvalue weighted by Crippen LogP contribution is -2.05. The first-order valence-corrected chi connectivity index (χ1v) is 7.98. The van der Waals surface area contributed by atoms with Crippen molar-refractivity contribution < 1.29 is 27.1 Å². The lowest BCUT2D eigenvalue weighted by atomic mass is 10.2. The lowest BCUT2D eigenvalue weighted by Gasteiger charge is -2.07. The van der Waals surface area contributed by atoms with Crippen molar-refractivity contribution in [2.45, 2.75) is 12.7 Å². The molecule has 1 N–H and O–H groups in total. The van der Waals surface area contributed by atoms with Crippen LogP contribution in [0.1, 0.15) is 21.6 Å². The van der Waals surface area contributed by atoms with Gasteiger partial charge in [-0.3, -0.25) is 0 Å². The minimum Gasteiger partial charge on any atom is -0.465 e. The van der Waals surface area contributed by atoms with Crippen molar-refractivity contribution in [1.29, 1.82) is 0 Å². The van der Waals surface area contributed by atoms with Gasteiger partial charge in [0.05, 0.1) is 36.7 Å². The second-order valence-electron chi connectivity index (χ2n) is 5.77. The zero-order valence-electron chi connectivity index (χ0n) is 14.5. The van der Waals surface area contributed by atoms with E-state index in [0.29, 0.717) is 17.1 Å². The maximum atomic E-state index is 13.6. The minimum atomic E-state index is -4.41. The third-order valence-corrected chi connectivity index (χ3v) is 3.79. The van der Waals surface area contributed by atoms with Crippen LogP contribution in [0, 0.1) is 5.82 Å². The molecule has 0 saturated carbocycles. The van der Waals surface area contributed by atoms with E-state index in [0.717, 1.165) is 18.2 Å². The summed E-state index contributed by atoms with van der Waals surface area (Å²) in [5, 5.41) is 10.7. The number of carbonyl (C=O) groups excluding carboxylic acids is 1. The summed E-state index contributed by atoms with van der Waals surface area (Å²) in [6.45, 7) is 0.157. The summed E-state index contributed by atoms with van der Waals surface area (Å²) in [6.07, 6.45) is -2.89. The minimum absolute atomic E-state index is 0.0541. The van der Waals surface area contributed by atoms with Crippen molar-refractivity contribution in [3.63, 3.8) is 0 Å². The van der Waals surface area contributed by atoms with E-state index in [2.05, 4.69) is 20.4 Å². The molecule has 0 unspecified atom stereocenters. The molecule has 0 radical (unpaired) electrons. The smallest absolute Gasteiger partial charge is 0.416 e. The molecule has 0 atom stereocenters. The van der Waals surface area contributed by atoms with Crippen LogP contribution in [0.25, 0.3) is 5.69 Å². The van der Waals surface area contributed by atoms with Gasteiger partial charge in [-0.15, -0.1) is 5.10 Å². The Morgan fingerprint density at radius 1 is 1.18 bits per heavy atom. The van der Waals surface area contributed by atoms with Crippen LogP contribution in [0.2, 0.25) is 0 Å². The van der Waals surface area contributed by atoms with Crippen molar-refractivity contribution in [2.75, 3.05) is 12.4 Å². The Morgan fingerprint density at radius 2 is 1.89 bits per heavy atom. The number of carbonyl (C=O) groups is 1. The van der Waals surface area contributed by atoms with Gasteiger partial charge in [0.2, 0.25) is 0 Å². The number of anilines is 1. The summed E-state index contributed by atoms with van der Waals surface area (Å²) in [5.41, 5.74) is 0.503. The Labute approximate surface area is 156 Å². The van der Waals surface area contributed by atoms with E-state index in [1.165, 1.54) is 42.3 Å². The van der Waals surface area contributed by atoms with Crippen LogP contribution in [-0.2, 0) is 17.5 Å². The lowest BCUT2D eigenvalue weighted by molar-refractivity contribution is -0.137. The molecule has 2 aromatic carbocycles. The molecule has 0 aliphatic rings. The van der Waals surface area contributed by atoms with Gasteiger partial charge in [-0.25, -0.2) is 13.9 Å². The maximum absolute atomic E-state index is 13.6. The zero-order valence-corrected chi connectivity index (χ0v) is 14.5. The van der Waals surface area contributed by atoms with Crippen molar-refractivity contribution in [1.82, 2.24) is 15.0 Å². The van der Waals surface area contributed by atoms with Crippen molar-refractivity contribution >= 4 is 11.7 Å². The normalized spacial score (nSPS) is 11.3. The largest absolute Gasteiger partial charge is 0.465 e. The topological polar surface area (TPSA) is 69.0 Å². The van der Waals surface area contributed by atoms with Gasteiger partial charge in [-0.05, 0) is 42.5 Å². The average Bonchev–Trinajstić information content (AvgIpc) is 3.14. The fraction of sp³-hybridized carbons (Fsp3) is 0.167. The predicted molar refractivity (Wildman–Crippen MR) is 91.4 cm³/mol. The fourth-order valence-corrected chi connectivity index (χ4v) is 2.43. The number of rotatable bonds is 5. The van der Waals surface area contributed by atoms with Gasteiger partial charge in [0.15, 0.2) is 0 Å². The molecule has 10 heteroatoms. The SMILES string of the molecule is COC(=O)c1cc(F)cc(NCc2cn(-c3ccc(C(F)(F)F)cc3)nn2)c1. The molecule has 3 rings (SSSR count). The van der Waals surface area contributed by atoms with Crippen LogP contribution in [0.4, 0.5) is 23.2 Å². The number of hydrogen-bond acceptors (Lipinski definition) is 5. The van der Waals surface area contributed by atoms with Crippen molar-refractivity contribution in [2.24, 2.45) is 0 Å². The van der Waals surface area contributed by atoms with E-state index >= 15 is 0 Å². The Bertz CT molecular complexity index is 984. The van der Waals surface area contributed by atoms with E-state index in [-0.39, 0.29) is 12.1 Å². The molecule has 0 saturated heterocycles. The maximum Gasteiger partial charge on any atom is 0.416 e. The molecule has 0 aliphatic heterocycles. The summed E-state index contributed by atoms with van der Waals surface area (Å²) in [5.74, 6) is -1.28. The Balaban J connectivity index is 1.70. The van der Waals surface area contributed by atoms with Gasteiger partial charge in [0, 0.05) is 5.69 Å². The first-order valence-electron chi connectivity index (χ1n) is 7.98. The molecule has 146 valence electrons. The summed E-state index contributed by atoms with van der Waals surface area (Å²) in [7, 11) is 1.19. The van der Waals surface area contributed by atoms with Crippen LogP contribution < -0.4 is 5.32 Å². The quantitative estimate of drug-likeness (QED) is 0.526. The number of methoxy groups -OCH3 is 1. The standard InChI is InChI=1S/C18H14F4N4O2/c1-28-17(27)11-6-13(19)8-14(7-11)23-9-15-10-26(25-24-15)16-4-2-12(3-5-16)18(20,21)22/h2-8,10,23H,9H2,1H3. The van der Waals surface area contributed by atoms with Gasteiger partial charge in [-0.2, -0.15) is 13.2 Å². The van der Waals surface area contributed by atoms with Crippen molar-refractivity contribution in [3.8, 4) is 5.69 Å². The molecule has 3 aromatic rings. The van der Waals surface area contributed by atoms with E-state index in [1.807, 2.05) is 0 Å². The molecule has 1 aromatic heterocycles. The van der Waals surface area contributed by atoms with Crippen LogP contribution >= 0.6 is 0 Å². The Kier molecular flexibility index (Phi) is 5.30. The highest BCUT2D eigenvalue weighted by Crippen LogP contribution is 2.29. The molecular weight excluding hydrogens is 380 g/mol. The first kappa shape index (κ1) is 19.3. The molecule has 6 nitrogen and oxygen atoms in total. The van der Waals surface area contributed by atoms with E-state index < -0.39 is 23.5 Å². The van der Waals surface area contributed by atoms with Gasteiger partial charge in [0.1, 0.15) is 11.5 Å². The molecule has 1 heterocycles. The molecule has 0 bridgehead atoms. The number of ether oxygens (including phenoxy) is 1. The number of halogens is 4. The van der Waals surface area contributed by atoms with Gasteiger partial charge >= 0.3 is 12.1 Å². The summed E-state index contributed by atoms with van der Waals surface area (Å²) in [4.78, 5) is 11.5. The summed E-state index contributed by atoms with van der Waals surface area (Å²) in [6, 6.07) is 8.15. The molecule has 0 amide bonds. The van der Waals surface area contributed by atoms with E-state index in [9.17, 15) is 22.4 Å². The number of hydrogen-bond donors (Lipinski definition) is 1.